The number of pyridine rings is 2. The molecule has 6 aromatic heterocycles. The fourth-order valence-corrected chi connectivity index (χ4v) is 12.3. The van der Waals surface area contributed by atoms with Gasteiger partial charge in [-0.15, -0.1) is 0 Å². The third-order valence-corrected chi connectivity index (χ3v) is 15.6. The average molecular weight is 1090 g/mol. The Hall–Kier alpha value is -10.00. The molecule has 80 heavy (non-hydrogen) atoms. The Morgan fingerprint density at radius 2 is 0.713 bits per heavy atom. The number of benzene rings is 10. The number of nitrogens with zero attached hydrogens (tertiary/aromatic N) is 6. The maximum absolute atomic E-state index is 9.02. The van der Waals surface area contributed by atoms with Gasteiger partial charge in [-0.05, 0) is 131 Å². The Labute approximate surface area is 469 Å². The van der Waals surface area contributed by atoms with Gasteiger partial charge >= 0.3 is 7.69 Å². The molecule has 10 heteroatoms. The van der Waals surface area contributed by atoms with Crippen LogP contribution in [0.3, 0.4) is 0 Å². The molecule has 0 bridgehead atoms. The lowest BCUT2D eigenvalue weighted by atomic mass is 9.97. The van der Waals surface area contributed by atoms with Crippen LogP contribution in [0.4, 0.5) is 0 Å². The van der Waals surface area contributed by atoms with Crippen LogP contribution < -0.4 is 4.65 Å². The Morgan fingerprint density at radius 1 is 0.325 bits per heavy atom. The van der Waals surface area contributed by atoms with E-state index in [1.54, 1.807) is 0 Å². The van der Waals surface area contributed by atoms with Gasteiger partial charge in [0.25, 0.3) is 0 Å². The van der Waals surface area contributed by atoms with E-state index in [2.05, 4.69) is 233 Å². The van der Waals surface area contributed by atoms with Gasteiger partial charge in [0.05, 0.1) is 33.1 Å². The van der Waals surface area contributed by atoms with E-state index in [1.165, 1.54) is 54.6 Å². The summed E-state index contributed by atoms with van der Waals surface area (Å²) in [6.45, 7) is 0. The first-order chi connectivity index (χ1) is 39.7. The topological polar surface area (TPSA) is 75.0 Å². The summed E-state index contributed by atoms with van der Waals surface area (Å²) in [6.07, 6.45) is 3.73. The van der Waals surface area contributed by atoms with Crippen LogP contribution in [0, 0.1) is 0 Å². The third kappa shape index (κ3) is 8.20. The molecule has 16 aromatic rings. The Kier molecular flexibility index (Phi) is 12.6. The molecule has 379 valence electrons. The van der Waals surface area contributed by atoms with Crippen molar-refractivity contribution < 1.29 is 9.68 Å². The fraction of sp³-hybridized carbons (Fsp3) is 0. The van der Waals surface area contributed by atoms with Crippen molar-refractivity contribution in [2.45, 2.75) is 0 Å². The summed E-state index contributed by atoms with van der Waals surface area (Å²) < 4.78 is 15.5. The van der Waals surface area contributed by atoms with Gasteiger partial charge in [-0.25, -0.2) is 9.97 Å². The maximum atomic E-state index is 9.02. The fourth-order valence-electron chi connectivity index (χ4n) is 11.7. The molecule has 0 aliphatic rings. The van der Waals surface area contributed by atoms with Crippen LogP contribution in [0.1, 0.15) is 0 Å². The van der Waals surface area contributed by atoms with Gasteiger partial charge in [-0.3, -0.25) is 9.13 Å². The van der Waals surface area contributed by atoms with E-state index in [1.807, 2.05) is 85.2 Å². The van der Waals surface area contributed by atoms with E-state index in [0.29, 0.717) is 5.75 Å². The summed E-state index contributed by atoms with van der Waals surface area (Å²) in [7, 11) is 0.726. The molecule has 0 atom stereocenters. The molecule has 10 aromatic carbocycles. The first-order valence-electron chi connectivity index (χ1n) is 26.5. The molecule has 0 saturated carbocycles. The number of hydrogen-bond acceptors (Lipinski definition) is 4. The Balaban J connectivity index is 0.000000117. The highest BCUT2D eigenvalue weighted by molar-refractivity contribution is 9.10. The van der Waals surface area contributed by atoms with Crippen LogP contribution in [0.2, 0.25) is 0 Å². The Bertz CT molecular complexity index is 4920. The number of rotatable bonds is 7. The summed E-state index contributed by atoms with van der Waals surface area (Å²) >= 11 is 3.67. The highest BCUT2D eigenvalue weighted by atomic mass is 79.9. The van der Waals surface area contributed by atoms with E-state index in [4.69, 9.17) is 14.7 Å². The van der Waals surface area contributed by atoms with Crippen LogP contribution in [0.25, 0.3) is 121 Å². The molecule has 1 radical (unpaired) electrons. The summed E-state index contributed by atoms with van der Waals surface area (Å²) in [5, 5.41) is 18.4. The van der Waals surface area contributed by atoms with Crippen LogP contribution >= 0.6 is 15.9 Å². The number of hydrogen-bond donors (Lipinski definition) is 1. The SMILES string of the molecule is Brc1cccc2c3cccnc3n(-c3ccccc3)c12.O[B]Oc1cccc2c1c1ccccc1n2-c1ccccc1.c1ccc(-n2c3ccccc3c3c(-c4cccc5c6cccnc6n(-c6ccccc6)c45)cccc32)cc1. The average Bonchev–Trinajstić information content (AvgIpc) is 4.31. The second-order valence-corrected chi connectivity index (χ2v) is 20.2. The lowest BCUT2D eigenvalue weighted by Gasteiger charge is -2.12. The molecular weight excluding hydrogens is 1050 g/mol. The van der Waals surface area contributed by atoms with Crippen LogP contribution in [-0.4, -0.2) is 40.9 Å². The smallest absolute Gasteiger partial charge is 0.537 e. The van der Waals surface area contributed by atoms with E-state index >= 15 is 0 Å². The van der Waals surface area contributed by atoms with Crippen molar-refractivity contribution in [2.24, 2.45) is 0 Å². The lowest BCUT2D eigenvalue weighted by Crippen LogP contribution is -2.00. The molecule has 0 saturated heterocycles. The predicted molar refractivity (Wildman–Crippen MR) is 334 cm³/mol. The minimum absolute atomic E-state index is 0.644. The van der Waals surface area contributed by atoms with Gasteiger partial charge in [0.2, 0.25) is 0 Å². The zero-order valence-corrected chi connectivity index (χ0v) is 44.6. The minimum atomic E-state index is 0.644. The Morgan fingerprint density at radius 3 is 1.26 bits per heavy atom. The third-order valence-electron chi connectivity index (χ3n) is 14.9. The van der Waals surface area contributed by atoms with Crippen molar-refractivity contribution in [2.75, 3.05) is 0 Å². The second kappa shape index (κ2) is 20.8. The van der Waals surface area contributed by atoms with E-state index < -0.39 is 0 Å². The summed E-state index contributed by atoms with van der Waals surface area (Å²) in [5.74, 6) is 0.644. The van der Waals surface area contributed by atoms with Crippen LogP contribution in [0.15, 0.2) is 284 Å². The number of aromatic nitrogens is 6. The normalized spacial score (nSPS) is 11.4. The first kappa shape index (κ1) is 48.4. The molecule has 0 amide bonds. The van der Waals surface area contributed by atoms with Gasteiger partial charge in [-0.1, -0.05) is 158 Å². The number of fused-ring (bicyclic) bond motifs is 12. The zero-order chi connectivity index (χ0) is 53.5. The molecule has 0 fully saturated rings. The molecule has 1 N–H and O–H groups in total. The second-order valence-electron chi connectivity index (χ2n) is 19.4. The molecule has 6 heterocycles. The molecule has 8 nitrogen and oxygen atoms in total. The summed E-state index contributed by atoms with van der Waals surface area (Å²) in [5.41, 5.74) is 15.8. The van der Waals surface area contributed by atoms with Gasteiger partial charge in [0.15, 0.2) is 0 Å². The van der Waals surface area contributed by atoms with Crippen LogP contribution in [0.5, 0.6) is 5.75 Å². The minimum Gasteiger partial charge on any atom is -0.537 e. The van der Waals surface area contributed by atoms with Gasteiger partial charge in [0.1, 0.15) is 17.0 Å². The molecular formula is C70H47BBrN6O2. The monoisotopic (exact) mass is 1090 g/mol. The van der Waals surface area contributed by atoms with Gasteiger partial charge < -0.3 is 18.8 Å². The molecule has 0 unspecified atom stereocenters. The largest absolute Gasteiger partial charge is 0.569 e. The van der Waals surface area contributed by atoms with Crippen molar-refractivity contribution in [3.05, 3.63) is 284 Å². The molecule has 16 rings (SSSR count). The first-order valence-corrected chi connectivity index (χ1v) is 27.3. The van der Waals surface area contributed by atoms with Crippen LogP contribution in [-0.2, 0) is 0 Å². The van der Waals surface area contributed by atoms with Crippen molar-refractivity contribution in [1.29, 1.82) is 0 Å². The summed E-state index contributed by atoms with van der Waals surface area (Å²) in [6, 6.07) is 92.4. The summed E-state index contributed by atoms with van der Waals surface area (Å²) in [4.78, 5) is 9.42. The van der Waals surface area contributed by atoms with E-state index in [9.17, 15) is 0 Å². The quantitative estimate of drug-likeness (QED) is 0.161. The molecule has 0 spiro atoms. The highest BCUT2D eigenvalue weighted by Gasteiger charge is 2.22. The van der Waals surface area contributed by atoms with E-state index in [0.717, 1.165) is 78.9 Å². The van der Waals surface area contributed by atoms with Gasteiger partial charge in [-0.2, -0.15) is 0 Å². The number of halogens is 1. The van der Waals surface area contributed by atoms with Crippen molar-refractivity contribution >= 4 is 111 Å². The number of para-hydroxylation sites is 8. The highest BCUT2D eigenvalue weighted by Crippen LogP contribution is 2.44. The van der Waals surface area contributed by atoms with Crippen molar-refractivity contribution in [3.63, 3.8) is 0 Å². The molecule has 0 aliphatic heterocycles. The predicted octanol–water partition coefficient (Wildman–Crippen LogP) is 17.6. The van der Waals surface area contributed by atoms with Crippen molar-refractivity contribution in [3.8, 4) is 39.6 Å². The maximum Gasteiger partial charge on any atom is 0.569 e. The van der Waals surface area contributed by atoms with E-state index in [-0.39, 0.29) is 0 Å². The molecule has 0 aliphatic carbocycles. The standard InChI is InChI=1S/C35H23N3.C18H13BNO2.C17H11BrN2/c1-3-12-24(13-4-1)37-31-21-8-7-16-30(31)33-26(17-10-22-32(33)37)27-18-9-19-28-29-20-11-23-36-35(29)38(34(27)28)25-14-5-2-6-15-25;21-19-22-17-12-6-11-16-18(17)14-9-4-5-10-15(14)20(16)13-7-2-1-3-8-13;18-15-10-4-8-13-14-9-5-11-19-17(14)20(16(13)15)12-6-2-1-3-7-12/h1-23H;1-12,21H;1-11H. The van der Waals surface area contributed by atoms with Gasteiger partial charge in [0, 0.05) is 88.3 Å². The lowest BCUT2D eigenvalue weighted by molar-refractivity contribution is 0.457. The zero-order valence-electron chi connectivity index (χ0n) is 43.1. The van der Waals surface area contributed by atoms with Crippen molar-refractivity contribution in [1.82, 2.24) is 28.2 Å².